The van der Waals surface area contributed by atoms with Crippen LogP contribution in [0, 0.1) is 0 Å². The van der Waals surface area contributed by atoms with E-state index in [0.29, 0.717) is 27.9 Å². The van der Waals surface area contributed by atoms with E-state index >= 15 is 0 Å². The Hall–Kier alpha value is -3.24. The number of hydrogen-bond acceptors (Lipinski definition) is 4. The third kappa shape index (κ3) is 3.66. The van der Waals surface area contributed by atoms with Crippen molar-refractivity contribution in [1.82, 2.24) is 0 Å². The summed E-state index contributed by atoms with van der Waals surface area (Å²) >= 11 is 6.02. The molecule has 3 aromatic rings. The lowest BCUT2D eigenvalue weighted by Crippen LogP contribution is -1.97. The number of methoxy groups -OCH3 is 1. The van der Waals surface area contributed by atoms with Gasteiger partial charge in [0.2, 0.25) is 0 Å². The molecule has 0 atom stereocenters. The van der Waals surface area contributed by atoms with Crippen LogP contribution in [0.2, 0.25) is 5.02 Å². The molecule has 4 rings (SSSR count). The van der Waals surface area contributed by atoms with Gasteiger partial charge in [-0.15, -0.1) is 0 Å². The van der Waals surface area contributed by atoms with Crippen LogP contribution in [0.15, 0.2) is 76.7 Å². The van der Waals surface area contributed by atoms with E-state index in [4.69, 9.17) is 25.5 Å². The van der Waals surface area contributed by atoms with E-state index in [1.165, 1.54) is 0 Å². The molecule has 2 heterocycles. The molecule has 0 radical (unpaired) electrons. The van der Waals surface area contributed by atoms with Gasteiger partial charge < -0.3 is 13.9 Å². The van der Waals surface area contributed by atoms with Crippen molar-refractivity contribution in [2.24, 2.45) is 0 Å². The summed E-state index contributed by atoms with van der Waals surface area (Å²) in [6, 6.07) is 18.3. The Labute approximate surface area is 161 Å². The van der Waals surface area contributed by atoms with Crippen LogP contribution in [-0.2, 0) is 9.53 Å². The molecular formula is C22H15ClO4. The van der Waals surface area contributed by atoms with E-state index in [1.807, 2.05) is 48.5 Å². The molecule has 0 bridgehead atoms. The molecule has 0 N–H and O–H groups in total. The topological polar surface area (TPSA) is 48.7 Å². The quantitative estimate of drug-likeness (QED) is 0.438. The monoisotopic (exact) mass is 378 g/mol. The van der Waals surface area contributed by atoms with Gasteiger partial charge in [0.05, 0.1) is 12.7 Å². The molecule has 1 aliphatic rings. The Balaban J connectivity index is 1.60. The fraction of sp³-hybridized carbons (Fsp3) is 0.0455. The lowest BCUT2D eigenvalue weighted by molar-refractivity contribution is -0.130. The Morgan fingerprint density at radius 2 is 1.81 bits per heavy atom. The van der Waals surface area contributed by atoms with E-state index < -0.39 is 5.97 Å². The maximum atomic E-state index is 12.2. The van der Waals surface area contributed by atoms with Gasteiger partial charge in [-0.3, -0.25) is 0 Å². The zero-order valence-electron chi connectivity index (χ0n) is 14.4. The van der Waals surface area contributed by atoms with Crippen LogP contribution in [0.3, 0.4) is 0 Å². The summed E-state index contributed by atoms with van der Waals surface area (Å²) in [4.78, 5) is 12.2. The molecule has 0 aliphatic carbocycles. The van der Waals surface area contributed by atoms with Crippen molar-refractivity contribution < 1.29 is 18.7 Å². The fourth-order valence-electron chi connectivity index (χ4n) is 2.77. The normalized spacial score (nSPS) is 15.0. The molecule has 27 heavy (non-hydrogen) atoms. The third-order valence-corrected chi connectivity index (χ3v) is 4.37. The molecule has 0 unspecified atom stereocenters. The predicted molar refractivity (Wildman–Crippen MR) is 104 cm³/mol. The van der Waals surface area contributed by atoms with Gasteiger partial charge in [-0.25, -0.2) is 4.79 Å². The van der Waals surface area contributed by atoms with Gasteiger partial charge in [0.15, 0.2) is 0 Å². The molecule has 0 saturated heterocycles. The van der Waals surface area contributed by atoms with Crippen molar-refractivity contribution in [1.29, 1.82) is 0 Å². The van der Waals surface area contributed by atoms with Crippen LogP contribution < -0.4 is 4.74 Å². The predicted octanol–water partition coefficient (Wildman–Crippen LogP) is 5.59. The molecule has 5 heteroatoms. The number of cyclic esters (lactones) is 1. The van der Waals surface area contributed by atoms with E-state index in [-0.39, 0.29) is 0 Å². The molecule has 134 valence electrons. The van der Waals surface area contributed by atoms with Crippen LogP contribution in [0.1, 0.15) is 11.3 Å². The van der Waals surface area contributed by atoms with Crippen molar-refractivity contribution >= 4 is 29.4 Å². The summed E-state index contributed by atoms with van der Waals surface area (Å²) in [5, 5.41) is 0.634. The third-order valence-electron chi connectivity index (χ3n) is 4.13. The van der Waals surface area contributed by atoms with Gasteiger partial charge >= 0.3 is 5.97 Å². The van der Waals surface area contributed by atoms with Crippen molar-refractivity contribution in [2.75, 3.05) is 7.11 Å². The number of carbonyl (C=O) groups is 1. The second kappa shape index (κ2) is 7.17. The standard InChI is InChI=1S/C22H15ClO4/c1-25-18-7-5-14(6-8-18)21-13-16(22(24)27-21)12-19-9-10-20(26-19)15-3-2-4-17(23)11-15/h2-13H,1H3/b16-12+. The summed E-state index contributed by atoms with van der Waals surface area (Å²) in [6.07, 6.45) is 3.36. The highest BCUT2D eigenvalue weighted by Gasteiger charge is 2.22. The van der Waals surface area contributed by atoms with Crippen LogP contribution in [-0.4, -0.2) is 13.1 Å². The van der Waals surface area contributed by atoms with Gasteiger partial charge in [0.25, 0.3) is 0 Å². The Bertz CT molecular complexity index is 1060. The lowest BCUT2D eigenvalue weighted by atomic mass is 10.1. The molecule has 1 aromatic heterocycles. The molecule has 2 aromatic carbocycles. The first-order valence-electron chi connectivity index (χ1n) is 8.28. The van der Waals surface area contributed by atoms with E-state index in [1.54, 1.807) is 31.4 Å². The Morgan fingerprint density at radius 1 is 1.00 bits per heavy atom. The smallest absolute Gasteiger partial charge is 0.343 e. The SMILES string of the molecule is COc1ccc(C2=C/C(=C\c3ccc(-c4cccc(Cl)c4)o3)C(=O)O2)cc1. The number of halogens is 1. The van der Waals surface area contributed by atoms with Crippen LogP contribution >= 0.6 is 11.6 Å². The molecule has 1 aliphatic heterocycles. The minimum absolute atomic E-state index is 0.415. The zero-order chi connectivity index (χ0) is 18.8. The molecule has 0 fully saturated rings. The van der Waals surface area contributed by atoms with Gasteiger partial charge in [-0.2, -0.15) is 0 Å². The van der Waals surface area contributed by atoms with E-state index in [9.17, 15) is 4.79 Å². The lowest BCUT2D eigenvalue weighted by Gasteiger charge is -2.03. The van der Waals surface area contributed by atoms with Crippen LogP contribution in [0.4, 0.5) is 0 Å². The summed E-state index contributed by atoms with van der Waals surface area (Å²) in [5.74, 6) is 2.06. The van der Waals surface area contributed by atoms with Crippen molar-refractivity contribution in [2.45, 2.75) is 0 Å². The summed E-state index contributed by atoms with van der Waals surface area (Å²) in [6.45, 7) is 0. The number of carbonyl (C=O) groups excluding carboxylic acids is 1. The van der Waals surface area contributed by atoms with Crippen LogP contribution in [0.25, 0.3) is 23.2 Å². The summed E-state index contributed by atoms with van der Waals surface area (Å²) in [7, 11) is 1.60. The van der Waals surface area contributed by atoms with Gasteiger partial charge in [-0.05, 0) is 60.7 Å². The van der Waals surface area contributed by atoms with Crippen molar-refractivity contribution in [3.63, 3.8) is 0 Å². The zero-order valence-corrected chi connectivity index (χ0v) is 15.2. The van der Waals surface area contributed by atoms with Gasteiger partial charge in [0.1, 0.15) is 23.0 Å². The second-order valence-corrected chi connectivity index (χ2v) is 6.38. The highest BCUT2D eigenvalue weighted by molar-refractivity contribution is 6.30. The summed E-state index contributed by atoms with van der Waals surface area (Å²) < 4.78 is 16.3. The number of furan rings is 1. The Kier molecular flexibility index (Phi) is 4.57. The number of esters is 1. The average molecular weight is 379 g/mol. The largest absolute Gasteiger partial charge is 0.497 e. The molecule has 0 spiro atoms. The van der Waals surface area contributed by atoms with Gasteiger partial charge in [-0.1, -0.05) is 23.7 Å². The summed E-state index contributed by atoms with van der Waals surface area (Å²) in [5.41, 5.74) is 2.09. The maximum absolute atomic E-state index is 12.2. The number of benzene rings is 2. The van der Waals surface area contributed by atoms with E-state index in [0.717, 1.165) is 16.9 Å². The molecule has 4 nitrogen and oxygen atoms in total. The van der Waals surface area contributed by atoms with Crippen LogP contribution in [0.5, 0.6) is 5.75 Å². The highest BCUT2D eigenvalue weighted by Crippen LogP contribution is 2.30. The van der Waals surface area contributed by atoms with Crippen molar-refractivity contribution in [3.05, 3.63) is 88.7 Å². The molecule has 0 amide bonds. The molecule has 0 saturated carbocycles. The Morgan fingerprint density at radius 3 is 2.56 bits per heavy atom. The fourth-order valence-corrected chi connectivity index (χ4v) is 2.96. The minimum Gasteiger partial charge on any atom is -0.497 e. The minimum atomic E-state index is -0.415. The first-order chi connectivity index (χ1) is 13.1. The van der Waals surface area contributed by atoms with Crippen molar-refractivity contribution in [3.8, 4) is 17.1 Å². The second-order valence-electron chi connectivity index (χ2n) is 5.94. The van der Waals surface area contributed by atoms with E-state index in [2.05, 4.69) is 0 Å². The maximum Gasteiger partial charge on any atom is 0.343 e. The first-order valence-corrected chi connectivity index (χ1v) is 8.66. The molecular weight excluding hydrogens is 364 g/mol. The number of ether oxygens (including phenoxy) is 2. The number of rotatable bonds is 4. The van der Waals surface area contributed by atoms with Gasteiger partial charge in [0, 0.05) is 16.1 Å². The first kappa shape index (κ1) is 17.2. The highest BCUT2D eigenvalue weighted by atomic mass is 35.5. The average Bonchev–Trinajstić information content (AvgIpc) is 3.29. The number of hydrogen-bond donors (Lipinski definition) is 0.